The maximum atomic E-state index is 4.53. The lowest BCUT2D eigenvalue weighted by Gasteiger charge is -2.18. The van der Waals surface area contributed by atoms with Crippen LogP contribution >= 0.6 is 12.6 Å². The molecule has 1 rings (SSSR count). The van der Waals surface area contributed by atoms with Gasteiger partial charge < -0.3 is 5.32 Å². The molecule has 0 heterocycles. The topological polar surface area (TPSA) is 12.0 Å². The Morgan fingerprint density at radius 2 is 1.83 bits per heavy atom. The van der Waals surface area contributed by atoms with Gasteiger partial charge in [-0.05, 0) is 19.5 Å². The van der Waals surface area contributed by atoms with Crippen LogP contribution in [0.2, 0.25) is 0 Å². The van der Waals surface area contributed by atoms with Crippen LogP contribution < -0.4 is 5.32 Å². The molecule has 0 aromatic heterocycles. The van der Waals surface area contributed by atoms with Crippen LogP contribution in [0.5, 0.6) is 0 Å². The molecule has 0 amide bonds. The molecule has 1 aromatic carbocycles. The van der Waals surface area contributed by atoms with Gasteiger partial charge in [0, 0.05) is 11.3 Å². The van der Waals surface area contributed by atoms with Crippen molar-refractivity contribution in [2.24, 2.45) is 0 Å². The summed E-state index contributed by atoms with van der Waals surface area (Å²) in [5.74, 6) is 0. The lowest BCUT2D eigenvalue weighted by atomic mass is 10.1. The largest absolute Gasteiger partial charge is 0.316 e. The van der Waals surface area contributed by atoms with Crippen LogP contribution in [0, 0.1) is 0 Å². The molecule has 0 saturated carbocycles. The molecule has 1 N–H and O–H groups in total. The number of hydrogen-bond acceptors (Lipinski definition) is 2. The van der Waals surface area contributed by atoms with E-state index in [9.17, 15) is 0 Å². The zero-order valence-electron chi connectivity index (χ0n) is 7.49. The van der Waals surface area contributed by atoms with Gasteiger partial charge in [0.05, 0.1) is 0 Å². The van der Waals surface area contributed by atoms with E-state index < -0.39 is 0 Å². The van der Waals surface area contributed by atoms with Crippen molar-refractivity contribution in [3.8, 4) is 0 Å². The molecule has 2 heteroatoms. The van der Waals surface area contributed by atoms with Crippen LogP contribution in [0.15, 0.2) is 30.3 Å². The van der Waals surface area contributed by atoms with Gasteiger partial charge in [-0.25, -0.2) is 0 Å². The molecule has 0 bridgehead atoms. The molecule has 0 radical (unpaired) electrons. The average Bonchev–Trinajstić information content (AvgIpc) is 2.17. The van der Waals surface area contributed by atoms with Crippen molar-refractivity contribution in [3.05, 3.63) is 35.9 Å². The normalized spacial score (nSPS) is 15.6. The van der Waals surface area contributed by atoms with E-state index in [-0.39, 0.29) is 5.25 Å². The highest BCUT2D eigenvalue weighted by Crippen LogP contribution is 2.22. The van der Waals surface area contributed by atoms with Crippen molar-refractivity contribution in [1.29, 1.82) is 0 Å². The maximum absolute atomic E-state index is 4.53. The Balaban J connectivity index is 2.71. The van der Waals surface area contributed by atoms with E-state index in [0.717, 1.165) is 0 Å². The monoisotopic (exact) mass is 181 g/mol. The first-order valence-corrected chi connectivity index (χ1v) is 4.67. The van der Waals surface area contributed by atoms with Crippen molar-refractivity contribution >= 4 is 12.6 Å². The Morgan fingerprint density at radius 3 is 2.33 bits per heavy atom. The van der Waals surface area contributed by atoms with E-state index in [1.807, 2.05) is 25.2 Å². The number of rotatable bonds is 3. The molecule has 0 unspecified atom stereocenters. The van der Waals surface area contributed by atoms with Crippen LogP contribution in [-0.4, -0.2) is 13.1 Å². The number of nitrogens with one attached hydrogen (secondary N) is 1. The number of benzene rings is 1. The fourth-order valence-electron chi connectivity index (χ4n) is 1.10. The second-order valence-electron chi connectivity index (χ2n) is 2.93. The first kappa shape index (κ1) is 9.62. The van der Waals surface area contributed by atoms with Gasteiger partial charge in [0.15, 0.2) is 0 Å². The molecule has 66 valence electrons. The first-order valence-electron chi connectivity index (χ1n) is 4.16. The smallest absolute Gasteiger partial charge is 0.0417 e. The quantitative estimate of drug-likeness (QED) is 0.682. The van der Waals surface area contributed by atoms with Crippen LogP contribution in [-0.2, 0) is 0 Å². The summed E-state index contributed by atoms with van der Waals surface area (Å²) in [5, 5.41) is 3.46. The lowest BCUT2D eigenvalue weighted by Crippen LogP contribution is -2.25. The Labute approximate surface area is 79.6 Å². The Morgan fingerprint density at radius 1 is 1.25 bits per heavy atom. The summed E-state index contributed by atoms with van der Waals surface area (Å²) in [6.07, 6.45) is 0. The zero-order valence-corrected chi connectivity index (χ0v) is 8.38. The van der Waals surface area contributed by atoms with Gasteiger partial charge in [-0.15, -0.1) is 0 Å². The van der Waals surface area contributed by atoms with E-state index in [4.69, 9.17) is 0 Å². The van der Waals surface area contributed by atoms with Gasteiger partial charge >= 0.3 is 0 Å². The fourth-order valence-corrected chi connectivity index (χ4v) is 1.42. The SMILES string of the molecule is CN[C@@H](C)[C@H](S)c1ccccc1. The Kier molecular flexibility index (Phi) is 3.63. The van der Waals surface area contributed by atoms with Gasteiger partial charge in [-0.2, -0.15) is 12.6 Å². The van der Waals surface area contributed by atoms with E-state index in [1.165, 1.54) is 5.56 Å². The predicted molar refractivity (Wildman–Crippen MR) is 56.7 cm³/mol. The van der Waals surface area contributed by atoms with Gasteiger partial charge in [0.2, 0.25) is 0 Å². The number of thiol groups is 1. The van der Waals surface area contributed by atoms with Crippen molar-refractivity contribution in [2.45, 2.75) is 18.2 Å². The predicted octanol–water partition coefficient (Wildman–Crippen LogP) is 2.27. The number of likely N-dealkylation sites (N-methyl/N-ethyl adjacent to an activating group) is 1. The minimum atomic E-state index is 0.274. The third kappa shape index (κ3) is 2.26. The molecule has 0 saturated heterocycles. The van der Waals surface area contributed by atoms with Gasteiger partial charge in [-0.1, -0.05) is 30.3 Å². The summed E-state index contributed by atoms with van der Waals surface area (Å²) >= 11 is 4.53. The summed E-state index contributed by atoms with van der Waals surface area (Å²) in [7, 11) is 1.96. The number of hydrogen-bond donors (Lipinski definition) is 2. The molecule has 0 aliphatic rings. The van der Waals surface area contributed by atoms with Crippen LogP contribution in [0.4, 0.5) is 0 Å². The summed E-state index contributed by atoms with van der Waals surface area (Å²) in [5.41, 5.74) is 1.27. The van der Waals surface area contributed by atoms with Crippen molar-refractivity contribution in [1.82, 2.24) is 5.32 Å². The zero-order chi connectivity index (χ0) is 8.97. The second-order valence-corrected chi connectivity index (χ2v) is 3.49. The molecule has 0 fully saturated rings. The minimum Gasteiger partial charge on any atom is -0.316 e. The third-order valence-electron chi connectivity index (χ3n) is 2.07. The summed E-state index contributed by atoms with van der Waals surface area (Å²) < 4.78 is 0. The van der Waals surface area contributed by atoms with Crippen LogP contribution in [0.1, 0.15) is 17.7 Å². The van der Waals surface area contributed by atoms with E-state index in [2.05, 4.69) is 37.0 Å². The first-order chi connectivity index (χ1) is 5.75. The van der Waals surface area contributed by atoms with Crippen molar-refractivity contribution < 1.29 is 0 Å². The Hall–Kier alpha value is -0.470. The minimum absolute atomic E-state index is 0.274. The van der Waals surface area contributed by atoms with Gasteiger partial charge in [-0.3, -0.25) is 0 Å². The highest BCUT2D eigenvalue weighted by molar-refractivity contribution is 7.80. The third-order valence-corrected chi connectivity index (χ3v) is 2.82. The maximum Gasteiger partial charge on any atom is 0.0417 e. The second kappa shape index (κ2) is 4.53. The van der Waals surface area contributed by atoms with Crippen molar-refractivity contribution in [2.75, 3.05) is 7.05 Å². The molecule has 0 aliphatic carbocycles. The summed E-state index contributed by atoms with van der Waals surface area (Å²) in [4.78, 5) is 0. The fraction of sp³-hybridized carbons (Fsp3) is 0.400. The molecular weight excluding hydrogens is 166 g/mol. The molecule has 0 spiro atoms. The standard InChI is InChI=1S/C10H15NS/c1-8(11-2)10(12)9-6-4-3-5-7-9/h3-8,10-12H,1-2H3/t8-,10-/m0/s1. The Bertz CT molecular complexity index is 223. The van der Waals surface area contributed by atoms with E-state index >= 15 is 0 Å². The summed E-state index contributed by atoms with van der Waals surface area (Å²) in [6, 6.07) is 10.7. The molecule has 12 heavy (non-hydrogen) atoms. The van der Waals surface area contributed by atoms with E-state index in [1.54, 1.807) is 0 Å². The molecular formula is C10H15NS. The van der Waals surface area contributed by atoms with Crippen LogP contribution in [0.3, 0.4) is 0 Å². The van der Waals surface area contributed by atoms with E-state index in [0.29, 0.717) is 6.04 Å². The lowest BCUT2D eigenvalue weighted by molar-refractivity contribution is 0.600. The molecule has 1 nitrogen and oxygen atoms in total. The highest BCUT2D eigenvalue weighted by Gasteiger charge is 2.11. The van der Waals surface area contributed by atoms with Gasteiger partial charge in [0.1, 0.15) is 0 Å². The van der Waals surface area contributed by atoms with Crippen molar-refractivity contribution in [3.63, 3.8) is 0 Å². The van der Waals surface area contributed by atoms with Crippen LogP contribution in [0.25, 0.3) is 0 Å². The molecule has 2 atom stereocenters. The van der Waals surface area contributed by atoms with Gasteiger partial charge in [0.25, 0.3) is 0 Å². The molecule has 0 aliphatic heterocycles. The highest BCUT2D eigenvalue weighted by atomic mass is 32.1. The summed E-state index contributed by atoms with van der Waals surface area (Å²) in [6.45, 7) is 2.13. The average molecular weight is 181 g/mol. The molecule has 1 aromatic rings.